The molecule has 1 aromatic rings. The van der Waals surface area contributed by atoms with Crippen LogP contribution in [0.5, 0.6) is 0 Å². The number of aromatic nitrogens is 2. The third kappa shape index (κ3) is 4.58. The first-order valence-corrected chi connectivity index (χ1v) is 7.38. The van der Waals surface area contributed by atoms with Crippen LogP contribution in [0.4, 0.5) is 0 Å². The molecule has 16 heavy (non-hydrogen) atoms. The van der Waals surface area contributed by atoms with Crippen molar-refractivity contribution in [3.05, 3.63) is 18.2 Å². The van der Waals surface area contributed by atoms with E-state index in [2.05, 4.69) is 35.0 Å². The molecule has 0 saturated heterocycles. The summed E-state index contributed by atoms with van der Waals surface area (Å²) in [7, 11) is 0. The molecular weight excluding hydrogens is 218 g/mol. The first kappa shape index (κ1) is 13.6. The van der Waals surface area contributed by atoms with Gasteiger partial charge in [-0.15, -0.1) is 0 Å². The maximum absolute atomic E-state index is 4.20. The number of rotatable bonds is 8. The van der Waals surface area contributed by atoms with Crippen molar-refractivity contribution in [1.29, 1.82) is 0 Å². The number of hydrogen-bond donors (Lipinski definition) is 1. The smallest absolute Gasteiger partial charge is 0.0948 e. The quantitative estimate of drug-likeness (QED) is 0.758. The van der Waals surface area contributed by atoms with Crippen LogP contribution in [0, 0.1) is 0 Å². The number of imidazole rings is 1. The Bertz CT molecular complexity index is 286. The Kier molecular flexibility index (Phi) is 6.57. The largest absolute Gasteiger partial charge is 0.333 e. The molecule has 1 aromatic heterocycles. The molecule has 0 aliphatic rings. The monoisotopic (exact) mass is 241 g/mol. The summed E-state index contributed by atoms with van der Waals surface area (Å²) in [6.45, 7) is 6.43. The predicted octanol–water partition coefficient (Wildman–Crippen LogP) is 2.52. The van der Waals surface area contributed by atoms with Crippen LogP contribution < -0.4 is 5.32 Å². The maximum Gasteiger partial charge on any atom is 0.0948 e. The summed E-state index contributed by atoms with van der Waals surface area (Å²) >= 11 is 1.91. The summed E-state index contributed by atoms with van der Waals surface area (Å²) in [5.74, 6) is 1.22. The van der Waals surface area contributed by atoms with Crippen LogP contribution in [0.2, 0.25) is 0 Å². The summed E-state index contributed by atoms with van der Waals surface area (Å²) in [5, 5.41) is 3.54. The zero-order chi connectivity index (χ0) is 11.8. The van der Waals surface area contributed by atoms with Crippen LogP contribution in [-0.4, -0.2) is 27.6 Å². The number of hydrogen-bond acceptors (Lipinski definition) is 3. The minimum atomic E-state index is 0.581. The van der Waals surface area contributed by atoms with Gasteiger partial charge in [0.25, 0.3) is 0 Å². The lowest BCUT2D eigenvalue weighted by Gasteiger charge is -2.14. The van der Waals surface area contributed by atoms with Gasteiger partial charge in [0.05, 0.1) is 12.0 Å². The normalized spacial score (nSPS) is 12.9. The Morgan fingerprint density at radius 2 is 2.38 bits per heavy atom. The van der Waals surface area contributed by atoms with E-state index in [1.807, 2.05) is 24.3 Å². The van der Waals surface area contributed by atoms with E-state index in [1.165, 1.54) is 17.9 Å². The lowest BCUT2D eigenvalue weighted by molar-refractivity contribution is 0.515. The molecule has 0 radical (unpaired) electrons. The average molecular weight is 241 g/mol. The first-order valence-electron chi connectivity index (χ1n) is 5.99. The van der Waals surface area contributed by atoms with Crippen LogP contribution >= 0.6 is 11.8 Å². The molecule has 0 bridgehead atoms. The van der Waals surface area contributed by atoms with Gasteiger partial charge in [0.1, 0.15) is 0 Å². The zero-order valence-corrected chi connectivity index (χ0v) is 11.4. The Balaban J connectivity index is 2.32. The van der Waals surface area contributed by atoms with Crippen LogP contribution in [-0.2, 0) is 13.1 Å². The Labute approximate surface area is 103 Å². The lowest BCUT2D eigenvalue weighted by Crippen LogP contribution is -2.27. The van der Waals surface area contributed by atoms with Crippen LogP contribution in [0.1, 0.15) is 32.4 Å². The second-order valence-corrected chi connectivity index (χ2v) is 5.13. The summed E-state index contributed by atoms with van der Waals surface area (Å²) in [4.78, 5) is 4.20. The summed E-state index contributed by atoms with van der Waals surface area (Å²) in [5.41, 5.74) is 1.29. The number of aryl methyl sites for hydroxylation is 1. The Morgan fingerprint density at radius 3 is 3.06 bits per heavy atom. The van der Waals surface area contributed by atoms with Gasteiger partial charge in [0.2, 0.25) is 0 Å². The number of nitrogens with zero attached hydrogens (tertiary/aromatic N) is 2. The lowest BCUT2D eigenvalue weighted by atomic mass is 10.2. The fourth-order valence-corrected chi connectivity index (χ4v) is 2.20. The van der Waals surface area contributed by atoms with E-state index in [-0.39, 0.29) is 0 Å². The first-order chi connectivity index (χ1) is 7.77. The van der Waals surface area contributed by atoms with Gasteiger partial charge < -0.3 is 9.88 Å². The highest BCUT2D eigenvalue weighted by atomic mass is 32.2. The molecule has 0 saturated carbocycles. The Morgan fingerprint density at radius 1 is 1.56 bits per heavy atom. The van der Waals surface area contributed by atoms with Crippen molar-refractivity contribution >= 4 is 11.8 Å². The van der Waals surface area contributed by atoms with Crippen LogP contribution in [0.25, 0.3) is 0 Å². The highest BCUT2D eigenvalue weighted by molar-refractivity contribution is 7.98. The average Bonchev–Trinajstić information content (AvgIpc) is 2.72. The van der Waals surface area contributed by atoms with E-state index in [4.69, 9.17) is 0 Å². The van der Waals surface area contributed by atoms with E-state index < -0.39 is 0 Å². The van der Waals surface area contributed by atoms with Gasteiger partial charge in [-0.2, -0.15) is 11.8 Å². The highest BCUT2D eigenvalue weighted by Gasteiger charge is 2.04. The number of nitrogens with one attached hydrogen (secondary N) is 1. The van der Waals surface area contributed by atoms with Gasteiger partial charge in [0.15, 0.2) is 0 Å². The summed E-state index contributed by atoms with van der Waals surface area (Å²) < 4.78 is 2.23. The molecule has 0 aliphatic heterocycles. The maximum atomic E-state index is 4.20. The second-order valence-electron chi connectivity index (χ2n) is 4.14. The van der Waals surface area contributed by atoms with Crippen LogP contribution in [0.15, 0.2) is 12.5 Å². The molecule has 1 unspecified atom stereocenters. The third-order valence-corrected chi connectivity index (χ3v) is 3.29. The van der Waals surface area contributed by atoms with Gasteiger partial charge in [0, 0.05) is 25.3 Å². The highest BCUT2D eigenvalue weighted by Crippen LogP contribution is 2.03. The minimum absolute atomic E-state index is 0.581. The molecule has 0 aliphatic carbocycles. The third-order valence-electron chi connectivity index (χ3n) is 2.65. The minimum Gasteiger partial charge on any atom is -0.333 e. The van der Waals surface area contributed by atoms with Crippen molar-refractivity contribution in [2.75, 3.05) is 12.0 Å². The van der Waals surface area contributed by atoms with Crippen molar-refractivity contribution in [2.24, 2.45) is 0 Å². The second kappa shape index (κ2) is 7.74. The van der Waals surface area contributed by atoms with E-state index in [9.17, 15) is 0 Å². The van der Waals surface area contributed by atoms with Crippen molar-refractivity contribution in [3.8, 4) is 0 Å². The van der Waals surface area contributed by atoms with Crippen LogP contribution in [0.3, 0.4) is 0 Å². The summed E-state index contributed by atoms with van der Waals surface area (Å²) in [6, 6.07) is 0.581. The van der Waals surface area contributed by atoms with Gasteiger partial charge in [-0.1, -0.05) is 6.92 Å². The van der Waals surface area contributed by atoms with Crippen molar-refractivity contribution in [2.45, 2.75) is 45.8 Å². The van der Waals surface area contributed by atoms with Gasteiger partial charge in [-0.3, -0.25) is 0 Å². The molecule has 1 heterocycles. The topological polar surface area (TPSA) is 29.9 Å². The van der Waals surface area contributed by atoms with E-state index >= 15 is 0 Å². The molecule has 0 spiro atoms. The number of thioether (sulfide) groups is 1. The van der Waals surface area contributed by atoms with Crippen molar-refractivity contribution in [3.63, 3.8) is 0 Å². The SMILES string of the molecule is CCCn1cncc1CNC(C)CCSC. The molecule has 0 amide bonds. The van der Waals surface area contributed by atoms with E-state index in [0.29, 0.717) is 6.04 Å². The molecule has 4 heteroatoms. The van der Waals surface area contributed by atoms with Gasteiger partial charge >= 0.3 is 0 Å². The predicted molar refractivity (Wildman–Crippen MR) is 71.8 cm³/mol. The molecule has 1 N–H and O–H groups in total. The van der Waals surface area contributed by atoms with E-state index in [1.54, 1.807) is 0 Å². The van der Waals surface area contributed by atoms with Gasteiger partial charge in [-0.05, 0) is 31.8 Å². The zero-order valence-electron chi connectivity index (χ0n) is 10.6. The summed E-state index contributed by atoms with van der Waals surface area (Å²) in [6.07, 6.45) is 8.43. The molecule has 3 nitrogen and oxygen atoms in total. The molecule has 0 fully saturated rings. The molecule has 0 aromatic carbocycles. The molecule has 1 rings (SSSR count). The van der Waals surface area contributed by atoms with E-state index in [0.717, 1.165) is 19.5 Å². The fourth-order valence-electron chi connectivity index (χ4n) is 1.61. The fraction of sp³-hybridized carbons (Fsp3) is 0.750. The van der Waals surface area contributed by atoms with Crippen molar-refractivity contribution in [1.82, 2.24) is 14.9 Å². The standard InChI is InChI=1S/C12H23N3S/c1-4-6-15-10-13-8-12(15)9-14-11(2)5-7-16-3/h8,10-11,14H,4-7,9H2,1-3H3. The van der Waals surface area contributed by atoms with Gasteiger partial charge in [-0.25, -0.2) is 4.98 Å². The molecular formula is C12H23N3S. The molecule has 1 atom stereocenters. The van der Waals surface area contributed by atoms with Crippen molar-refractivity contribution < 1.29 is 0 Å². The molecule has 92 valence electrons. The Hall–Kier alpha value is -0.480.